The first-order chi connectivity index (χ1) is 9.97. The van der Waals surface area contributed by atoms with E-state index < -0.39 is 10.0 Å². The standard InChI is InChI=1S/C15H26N2O2S2/c1-4-12-5-7-14(11(12)2)17-21(18,19)15-8-6-13(20-15)9-10-16-3/h6,8,11-12,14,16-17H,4-5,7,9-10H2,1-3H3. The molecule has 120 valence electrons. The molecule has 1 aromatic heterocycles. The van der Waals surface area contributed by atoms with Crippen molar-refractivity contribution in [2.45, 2.75) is 49.8 Å². The fourth-order valence-electron chi connectivity index (χ4n) is 3.13. The van der Waals surface area contributed by atoms with E-state index in [-0.39, 0.29) is 6.04 Å². The summed E-state index contributed by atoms with van der Waals surface area (Å²) in [7, 11) is -1.46. The molecule has 3 unspecified atom stereocenters. The van der Waals surface area contributed by atoms with E-state index in [9.17, 15) is 8.42 Å². The van der Waals surface area contributed by atoms with Crippen molar-refractivity contribution in [1.82, 2.24) is 10.0 Å². The minimum Gasteiger partial charge on any atom is -0.319 e. The quantitative estimate of drug-likeness (QED) is 0.808. The molecular formula is C15H26N2O2S2. The molecule has 0 aromatic carbocycles. The monoisotopic (exact) mass is 330 g/mol. The molecule has 2 rings (SSSR count). The van der Waals surface area contributed by atoms with Gasteiger partial charge in [-0.1, -0.05) is 20.3 Å². The third kappa shape index (κ3) is 4.06. The molecule has 0 spiro atoms. The van der Waals surface area contributed by atoms with Crippen molar-refractivity contribution in [3.8, 4) is 0 Å². The Labute approximate surface area is 132 Å². The molecule has 3 atom stereocenters. The van der Waals surface area contributed by atoms with Crippen LogP contribution in [-0.2, 0) is 16.4 Å². The van der Waals surface area contributed by atoms with Gasteiger partial charge in [-0.25, -0.2) is 13.1 Å². The third-order valence-electron chi connectivity index (χ3n) is 4.58. The summed E-state index contributed by atoms with van der Waals surface area (Å²) >= 11 is 1.38. The number of likely N-dealkylation sites (N-methyl/N-ethyl adjacent to an activating group) is 1. The van der Waals surface area contributed by atoms with Crippen LogP contribution in [0.1, 0.15) is 38.0 Å². The van der Waals surface area contributed by atoms with Crippen LogP contribution in [0.25, 0.3) is 0 Å². The van der Waals surface area contributed by atoms with Crippen molar-refractivity contribution in [3.63, 3.8) is 0 Å². The van der Waals surface area contributed by atoms with E-state index in [0.717, 1.165) is 37.1 Å². The van der Waals surface area contributed by atoms with E-state index in [2.05, 4.69) is 23.9 Å². The summed E-state index contributed by atoms with van der Waals surface area (Å²) in [4.78, 5) is 1.11. The summed E-state index contributed by atoms with van der Waals surface area (Å²) in [6.07, 6.45) is 4.08. The zero-order valence-corrected chi connectivity index (χ0v) is 14.7. The Kier molecular flexibility index (Phi) is 5.82. The van der Waals surface area contributed by atoms with Crippen LogP contribution in [0, 0.1) is 11.8 Å². The van der Waals surface area contributed by atoms with Crippen LogP contribution in [-0.4, -0.2) is 28.1 Å². The lowest BCUT2D eigenvalue weighted by Gasteiger charge is -2.20. The molecule has 6 heteroatoms. The van der Waals surface area contributed by atoms with E-state index >= 15 is 0 Å². The van der Waals surface area contributed by atoms with Crippen LogP contribution in [0.2, 0.25) is 0 Å². The van der Waals surface area contributed by atoms with E-state index in [1.807, 2.05) is 13.1 Å². The van der Waals surface area contributed by atoms with Crippen molar-refractivity contribution in [3.05, 3.63) is 17.0 Å². The van der Waals surface area contributed by atoms with Crippen molar-refractivity contribution in [1.29, 1.82) is 0 Å². The topological polar surface area (TPSA) is 58.2 Å². The number of thiophene rings is 1. The molecule has 0 amide bonds. The molecular weight excluding hydrogens is 304 g/mol. The van der Waals surface area contributed by atoms with Gasteiger partial charge in [-0.2, -0.15) is 0 Å². The fourth-order valence-corrected chi connectivity index (χ4v) is 5.87. The van der Waals surface area contributed by atoms with E-state index in [4.69, 9.17) is 0 Å². The summed E-state index contributed by atoms with van der Waals surface area (Å²) in [6.45, 7) is 5.22. The van der Waals surface area contributed by atoms with E-state index in [1.54, 1.807) is 6.07 Å². The predicted octanol–water partition coefficient (Wildman–Crippen LogP) is 2.61. The molecule has 1 saturated carbocycles. The van der Waals surface area contributed by atoms with Gasteiger partial charge >= 0.3 is 0 Å². The van der Waals surface area contributed by atoms with Crippen LogP contribution in [0.4, 0.5) is 0 Å². The Morgan fingerprint density at radius 2 is 2.10 bits per heavy atom. The molecule has 4 nitrogen and oxygen atoms in total. The van der Waals surface area contributed by atoms with Gasteiger partial charge in [-0.15, -0.1) is 11.3 Å². The Morgan fingerprint density at radius 3 is 2.71 bits per heavy atom. The Morgan fingerprint density at radius 1 is 1.33 bits per heavy atom. The molecule has 21 heavy (non-hydrogen) atoms. The molecule has 1 aliphatic carbocycles. The summed E-state index contributed by atoms with van der Waals surface area (Å²) < 4.78 is 28.4. The van der Waals surface area contributed by atoms with Crippen LogP contribution in [0.5, 0.6) is 0 Å². The Bertz CT molecular complexity index is 554. The highest BCUT2D eigenvalue weighted by molar-refractivity contribution is 7.91. The van der Waals surface area contributed by atoms with Gasteiger partial charge in [0.1, 0.15) is 4.21 Å². The van der Waals surface area contributed by atoms with Gasteiger partial charge in [0.2, 0.25) is 10.0 Å². The van der Waals surface area contributed by atoms with Gasteiger partial charge in [0.05, 0.1) is 0 Å². The smallest absolute Gasteiger partial charge is 0.250 e. The van der Waals surface area contributed by atoms with Gasteiger partial charge in [0.15, 0.2) is 0 Å². The lowest BCUT2D eigenvalue weighted by atomic mass is 9.94. The SMILES string of the molecule is CCC1CCC(NS(=O)(=O)c2ccc(CCNC)s2)C1C. The molecule has 0 radical (unpaired) electrons. The highest BCUT2D eigenvalue weighted by Crippen LogP contribution is 2.35. The normalized spacial score (nSPS) is 26.3. The number of hydrogen-bond acceptors (Lipinski definition) is 4. The van der Waals surface area contributed by atoms with E-state index in [1.165, 1.54) is 11.3 Å². The summed E-state index contributed by atoms with van der Waals surface area (Å²) in [5.74, 6) is 1.07. The molecule has 1 aromatic rings. The molecule has 0 bridgehead atoms. The van der Waals surface area contributed by atoms with Gasteiger partial charge in [0, 0.05) is 10.9 Å². The molecule has 0 saturated heterocycles. The first kappa shape index (κ1) is 16.9. The van der Waals surface area contributed by atoms with Crippen LogP contribution in [0.3, 0.4) is 0 Å². The van der Waals surface area contributed by atoms with Crippen LogP contribution < -0.4 is 10.0 Å². The van der Waals surface area contributed by atoms with Crippen molar-refractivity contribution >= 4 is 21.4 Å². The molecule has 1 aliphatic rings. The first-order valence-electron chi connectivity index (χ1n) is 7.73. The first-order valence-corrected chi connectivity index (χ1v) is 10.0. The third-order valence-corrected chi connectivity index (χ3v) is 7.71. The second-order valence-electron chi connectivity index (χ2n) is 5.91. The molecule has 1 heterocycles. The zero-order chi connectivity index (χ0) is 15.5. The van der Waals surface area contributed by atoms with Crippen molar-refractivity contribution < 1.29 is 8.42 Å². The lowest BCUT2D eigenvalue weighted by Crippen LogP contribution is -2.37. The minimum atomic E-state index is -3.36. The second kappa shape index (κ2) is 7.22. The summed E-state index contributed by atoms with van der Waals surface area (Å²) in [5, 5.41) is 3.08. The predicted molar refractivity (Wildman–Crippen MR) is 88.2 cm³/mol. The highest BCUT2D eigenvalue weighted by Gasteiger charge is 2.34. The molecule has 2 N–H and O–H groups in total. The van der Waals surface area contributed by atoms with E-state index in [0.29, 0.717) is 16.0 Å². The second-order valence-corrected chi connectivity index (χ2v) is 9.02. The van der Waals surface area contributed by atoms with Gasteiger partial charge in [-0.05, 0) is 56.8 Å². The van der Waals surface area contributed by atoms with Gasteiger partial charge in [0.25, 0.3) is 0 Å². The maximum absolute atomic E-state index is 12.5. The number of rotatable bonds is 7. The summed E-state index contributed by atoms with van der Waals surface area (Å²) in [6, 6.07) is 3.74. The maximum atomic E-state index is 12.5. The maximum Gasteiger partial charge on any atom is 0.250 e. The fraction of sp³-hybridized carbons (Fsp3) is 0.733. The van der Waals surface area contributed by atoms with Crippen LogP contribution >= 0.6 is 11.3 Å². The Hall–Kier alpha value is -0.430. The largest absolute Gasteiger partial charge is 0.319 e. The lowest BCUT2D eigenvalue weighted by molar-refractivity contribution is 0.369. The number of hydrogen-bond donors (Lipinski definition) is 2. The number of sulfonamides is 1. The van der Waals surface area contributed by atoms with Crippen LogP contribution in [0.15, 0.2) is 16.3 Å². The Balaban J connectivity index is 2.03. The number of nitrogens with one attached hydrogen (secondary N) is 2. The average molecular weight is 331 g/mol. The highest BCUT2D eigenvalue weighted by atomic mass is 32.2. The average Bonchev–Trinajstić information content (AvgIpc) is 3.05. The van der Waals surface area contributed by atoms with Crippen molar-refractivity contribution in [2.75, 3.05) is 13.6 Å². The van der Waals surface area contributed by atoms with Crippen molar-refractivity contribution in [2.24, 2.45) is 11.8 Å². The van der Waals surface area contributed by atoms with Gasteiger partial charge in [-0.3, -0.25) is 0 Å². The van der Waals surface area contributed by atoms with Gasteiger partial charge < -0.3 is 5.32 Å². The minimum absolute atomic E-state index is 0.0859. The molecule has 0 aliphatic heterocycles. The summed E-state index contributed by atoms with van der Waals surface area (Å²) in [5.41, 5.74) is 0. The molecule has 1 fully saturated rings. The zero-order valence-electron chi connectivity index (χ0n) is 13.1.